The molecule has 1 saturated heterocycles. The number of hydrogen-bond acceptors (Lipinski definition) is 6. The van der Waals surface area contributed by atoms with Crippen LogP contribution in [0.15, 0.2) is 28.2 Å². The number of nitrogens with one attached hydrogen (secondary N) is 1. The standard InChI is InChI=1S/C18H19ClN4O3S/c19-12-4-5-14-15(9-12)22-18(27-11-16(24)21-7-2-6-20)23(17(14)25)10-13-3-1-8-26-13/h4-5,9,13H,1-3,7-8,10-11H2,(H,21,24)/t13-/m1/s1. The number of aromatic nitrogens is 2. The lowest BCUT2D eigenvalue weighted by molar-refractivity contribution is -0.118. The highest BCUT2D eigenvalue weighted by Gasteiger charge is 2.20. The van der Waals surface area contributed by atoms with Crippen molar-refractivity contribution in [1.29, 1.82) is 5.26 Å². The van der Waals surface area contributed by atoms with Gasteiger partial charge in [0.25, 0.3) is 5.56 Å². The lowest BCUT2D eigenvalue weighted by atomic mass is 10.2. The number of carbonyl (C=O) groups is 1. The van der Waals surface area contributed by atoms with Crippen molar-refractivity contribution in [2.45, 2.75) is 37.1 Å². The zero-order valence-electron chi connectivity index (χ0n) is 14.6. The predicted octanol–water partition coefficient (Wildman–Crippen LogP) is 2.35. The minimum atomic E-state index is -0.209. The van der Waals surface area contributed by atoms with E-state index >= 15 is 0 Å². The van der Waals surface area contributed by atoms with Crippen LogP contribution in [0.1, 0.15) is 19.3 Å². The lowest BCUT2D eigenvalue weighted by Gasteiger charge is -2.16. The minimum Gasteiger partial charge on any atom is -0.376 e. The Labute approximate surface area is 165 Å². The van der Waals surface area contributed by atoms with Gasteiger partial charge in [0, 0.05) is 18.2 Å². The normalized spacial score (nSPS) is 16.4. The van der Waals surface area contributed by atoms with E-state index in [2.05, 4.69) is 10.3 Å². The van der Waals surface area contributed by atoms with Crippen molar-refractivity contribution in [3.8, 4) is 6.07 Å². The lowest BCUT2D eigenvalue weighted by Crippen LogP contribution is -2.30. The number of ether oxygens (including phenoxy) is 1. The number of amides is 1. The maximum absolute atomic E-state index is 13.0. The number of hydrogen-bond donors (Lipinski definition) is 1. The Balaban J connectivity index is 1.87. The van der Waals surface area contributed by atoms with Gasteiger partial charge in [0.1, 0.15) is 0 Å². The quantitative estimate of drug-likeness (QED) is 0.430. The Bertz CT molecular complexity index is 935. The zero-order valence-corrected chi connectivity index (χ0v) is 16.2. The number of nitrogens with zero attached hydrogens (tertiary/aromatic N) is 3. The highest BCUT2D eigenvalue weighted by atomic mass is 35.5. The highest BCUT2D eigenvalue weighted by Crippen LogP contribution is 2.22. The Kier molecular flexibility index (Phi) is 6.72. The van der Waals surface area contributed by atoms with E-state index in [4.69, 9.17) is 21.6 Å². The first kappa shape index (κ1) is 19.7. The first-order chi connectivity index (χ1) is 13.1. The molecule has 2 heterocycles. The van der Waals surface area contributed by atoms with E-state index in [0.717, 1.165) is 12.8 Å². The summed E-state index contributed by atoms with van der Waals surface area (Å²) in [5.41, 5.74) is 0.336. The zero-order chi connectivity index (χ0) is 19.2. The van der Waals surface area contributed by atoms with Crippen LogP contribution in [-0.2, 0) is 16.1 Å². The Morgan fingerprint density at radius 3 is 3.11 bits per heavy atom. The van der Waals surface area contributed by atoms with Crippen LogP contribution in [-0.4, -0.2) is 40.5 Å². The molecule has 1 aromatic carbocycles. The first-order valence-corrected chi connectivity index (χ1v) is 10.0. The molecule has 0 saturated carbocycles. The molecule has 142 valence electrons. The van der Waals surface area contributed by atoms with Gasteiger partial charge < -0.3 is 10.1 Å². The number of fused-ring (bicyclic) bond motifs is 1. The molecule has 0 spiro atoms. The maximum atomic E-state index is 13.0. The number of carbonyl (C=O) groups excluding carboxylic acids is 1. The van der Waals surface area contributed by atoms with Crippen LogP contribution in [0.25, 0.3) is 10.9 Å². The van der Waals surface area contributed by atoms with Gasteiger partial charge in [0.05, 0.1) is 41.8 Å². The molecule has 3 rings (SSSR count). The van der Waals surface area contributed by atoms with E-state index in [1.54, 1.807) is 22.8 Å². The van der Waals surface area contributed by atoms with Crippen LogP contribution in [0.5, 0.6) is 0 Å². The highest BCUT2D eigenvalue weighted by molar-refractivity contribution is 7.99. The van der Waals surface area contributed by atoms with Gasteiger partial charge in [-0.2, -0.15) is 5.26 Å². The summed E-state index contributed by atoms with van der Waals surface area (Å²) in [5.74, 6) is -0.102. The van der Waals surface area contributed by atoms with Crippen molar-refractivity contribution >= 4 is 40.2 Å². The maximum Gasteiger partial charge on any atom is 0.262 e. The Morgan fingerprint density at radius 2 is 2.37 bits per heavy atom. The molecule has 1 atom stereocenters. The topological polar surface area (TPSA) is 97.0 Å². The van der Waals surface area contributed by atoms with Crippen molar-refractivity contribution < 1.29 is 9.53 Å². The van der Waals surface area contributed by atoms with E-state index in [1.165, 1.54) is 11.8 Å². The van der Waals surface area contributed by atoms with Gasteiger partial charge >= 0.3 is 0 Å². The first-order valence-electron chi connectivity index (χ1n) is 8.66. The molecule has 1 aliphatic rings. The fourth-order valence-corrected chi connectivity index (χ4v) is 3.88. The minimum absolute atomic E-state index is 0.0296. The largest absolute Gasteiger partial charge is 0.376 e. The summed E-state index contributed by atoms with van der Waals surface area (Å²) < 4.78 is 7.24. The summed E-state index contributed by atoms with van der Waals surface area (Å²) in [7, 11) is 0. The van der Waals surface area contributed by atoms with Gasteiger partial charge in [-0.05, 0) is 31.0 Å². The molecule has 9 heteroatoms. The third kappa shape index (κ3) is 5.01. The Morgan fingerprint density at radius 1 is 1.52 bits per heavy atom. The van der Waals surface area contributed by atoms with Crippen LogP contribution < -0.4 is 10.9 Å². The molecule has 1 aromatic heterocycles. The van der Waals surface area contributed by atoms with E-state index in [1.807, 2.05) is 6.07 Å². The Hall–Kier alpha value is -2.08. The molecule has 7 nitrogen and oxygen atoms in total. The number of benzene rings is 1. The van der Waals surface area contributed by atoms with E-state index in [-0.39, 0.29) is 29.7 Å². The molecule has 27 heavy (non-hydrogen) atoms. The van der Waals surface area contributed by atoms with E-state index in [0.29, 0.717) is 40.8 Å². The second-order valence-corrected chi connectivity index (χ2v) is 7.53. The third-order valence-corrected chi connectivity index (χ3v) is 5.40. The number of nitriles is 1. The SMILES string of the molecule is N#CCCNC(=O)CSc1nc2cc(Cl)ccc2c(=O)n1C[C@H]1CCCO1. The average Bonchev–Trinajstić information content (AvgIpc) is 3.16. The molecule has 0 bridgehead atoms. The molecule has 1 aliphatic heterocycles. The van der Waals surface area contributed by atoms with Crippen LogP contribution in [0, 0.1) is 11.3 Å². The van der Waals surface area contributed by atoms with Crippen LogP contribution in [0.4, 0.5) is 0 Å². The second-order valence-electron chi connectivity index (χ2n) is 6.15. The van der Waals surface area contributed by atoms with Gasteiger partial charge in [-0.1, -0.05) is 23.4 Å². The predicted molar refractivity (Wildman–Crippen MR) is 104 cm³/mol. The molecule has 1 N–H and O–H groups in total. The summed E-state index contributed by atoms with van der Waals surface area (Å²) in [6.07, 6.45) is 2.09. The molecule has 1 fully saturated rings. The van der Waals surface area contributed by atoms with Gasteiger partial charge in [0.2, 0.25) is 5.91 Å². The molecular formula is C18H19ClN4O3S. The number of rotatable bonds is 7. The summed E-state index contributed by atoms with van der Waals surface area (Å²) in [4.78, 5) is 29.5. The van der Waals surface area contributed by atoms with Crippen LogP contribution in [0.3, 0.4) is 0 Å². The number of thioether (sulfide) groups is 1. The van der Waals surface area contributed by atoms with Gasteiger partial charge in [-0.25, -0.2) is 4.98 Å². The molecule has 2 aromatic rings. The summed E-state index contributed by atoms with van der Waals surface area (Å²) in [5, 5.41) is 12.6. The van der Waals surface area contributed by atoms with Crippen LogP contribution in [0.2, 0.25) is 5.02 Å². The van der Waals surface area contributed by atoms with Crippen molar-refractivity contribution in [3.63, 3.8) is 0 Å². The molecule has 0 unspecified atom stereocenters. The van der Waals surface area contributed by atoms with Crippen molar-refractivity contribution in [2.75, 3.05) is 18.9 Å². The summed E-state index contributed by atoms with van der Waals surface area (Å²) in [6.45, 7) is 1.40. The molecule has 0 radical (unpaired) electrons. The fourth-order valence-electron chi connectivity index (χ4n) is 2.88. The second kappa shape index (κ2) is 9.22. The van der Waals surface area contributed by atoms with Crippen molar-refractivity contribution in [2.24, 2.45) is 0 Å². The summed E-state index contributed by atoms with van der Waals surface area (Å²) >= 11 is 7.22. The van der Waals surface area contributed by atoms with Crippen molar-refractivity contribution in [3.05, 3.63) is 33.6 Å². The molecule has 0 aliphatic carbocycles. The van der Waals surface area contributed by atoms with Gasteiger partial charge in [0.15, 0.2) is 5.16 Å². The van der Waals surface area contributed by atoms with Crippen molar-refractivity contribution in [1.82, 2.24) is 14.9 Å². The molecular weight excluding hydrogens is 388 g/mol. The molecule has 1 amide bonds. The fraction of sp³-hybridized carbons (Fsp3) is 0.444. The van der Waals surface area contributed by atoms with E-state index in [9.17, 15) is 9.59 Å². The van der Waals surface area contributed by atoms with Crippen LogP contribution >= 0.6 is 23.4 Å². The van der Waals surface area contributed by atoms with E-state index < -0.39 is 0 Å². The summed E-state index contributed by atoms with van der Waals surface area (Å²) in [6, 6.07) is 6.95. The smallest absolute Gasteiger partial charge is 0.262 e. The monoisotopic (exact) mass is 406 g/mol. The third-order valence-electron chi connectivity index (χ3n) is 4.18. The average molecular weight is 407 g/mol. The van der Waals surface area contributed by atoms with Gasteiger partial charge in [-0.3, -0.25) is 14.2 Å². The van der Waals surface area contributed by atoms with Gasteiger partial charge in [-0.15, -0.1) is 0 Å². The number of halogens is 1.